The first-order valence-electron chi connectivity index (χ1n) is 14.1. The van der Waals surface area contributed by atoms with Gasteiger partial charge in [0.2, 0.25) is 0 Å². The van der Waals surface area contributed by atoms with Gasteiger partial charge in [-0.3, -0.25) is 9.69 Å². The van der Waals surface area contributed by atoms with Gasteiger partial charge in [0.1, 0.15) is 17.2 Å². The van der Waals surface area contributed by atoms with Gasteiger partial charge in [0.15, 0.2) is 0 Å². The summed E-state index contributed by atoms with van der Waals surface area (Å²) in [6.07, 6.45) is 1.49. The number of aromatic nitrogens is 1. The number of carbonyl (C=O) groups excluding carboxylic acids is 3. The van der Waals surface area contributed by atoms with Crippen LogP contribution in [0.2, 0.25) is 0 Å². The van der Waals surface area contributed by atoms with Crippen molar-refractivity contribution in [3.63, 3.8) is 0 Å². The number of anilines is 1. The predicted octanol–water partition coefficient (Wildman–Crippen LogP) is 3.19. The average molecular weight is 584 g/mol. The highest BCUT2D eigenvalue weighted by Crippen LogP contribution is 2.29. The van der Waals surface area contributed by atoms with Crippen LogP contribution < -0.4 is 15.4 Å². The van der Waals surface area contributed by atoms with E-state index in [2.05, 4.69) is 15.6 Å². The molecule has 0 radical (unpaired) electrons. The second-order valence-corrected chi connectivity index (χ2v) is 11.6. The van der Waals surface area contributed by atoms with E-state index in [0.29, 0.717) is 36.6 Å². The molecule has 3 heterocycles. The van der Waals surface area contributed by atoms with Crippen LogP contribution in [-0.4, -0.2) is 95.6 Å². The maximum atomic E-state index is 13.2. The minimum atomic E-state index is -1.05. The quantitative estimate of drug-likeness (QED) is 0.448. The molecule has 0 saturated carbocycles. The highest BCUT2D eigenvalue weighted by Gasteiger charge is 2.37. The van der Waals surface area contributed by atoms with E-state index in [1.807, 2.05) is 18.2 Å². The van der Waals surface area contributed by atoms with E-state index >= 15 is 0 Å². The molecule has 1 aromatic heterocycles. The monoisotopic (exact) mass is 583 g/mol. The van der Waals surface area contributed by atoms with Crippen molar-refractivity contribution < 1.29 is 33.7 Å². The summed E-state index contributed by atoms with van der Waals surface area (Å²) in [5.74, 6) is 0.863. The van der Waals surface area contributed by atoms with Crippen LogP contribution in [0.25, 0.3) is 0 Å². The minimum Gasteiger partial charge on any atom is -0.497 e. The number of likely N-dealkylation sites (tertiary alicyclic amines) is 1. The molecule has 2 aliphatic heterocycles. The third kappa shape index (κ3) is 7.81. The fourth-order valence-corrected chi connectivity index (χ4v) is 5.21. The molecule has 3 amide bonds. The second-order valence-electron chi connectivity index (χ2n) is 11.6. The summed E-state index contributed by atoms with van der Waals surface area (Å²) in [6.45, 7) is 6.70. The number of amides is 3. The van der Waals surface area contributed by atoms with Crippen molar-refractivity contribution in [2.75, 3.05) is 39.2 Å². The van der Waals surface area contributed by atoms with Crippen molar-refractivity contribution in [2.24, 2.45) is 0 Å². The third-order valence-electron chi connectivity index (χ3n) is 7.43. The minimum absolute atomic E-state index is 0.0641. The van der Waals surface area contributed by atoms with Crippen LogP contribution in [0.15, 0.2) is 36.5 Å². The summed E-state index contributed by atoms with van der Waals surface area (Å²) in [5.41, 5.74) is 1.59. The molecular weight excluding hydrogens is 542 g/mol. The fourth-order valence-electron chi connectivity index (χ4n) is 5.21. The van der Waals surface area contributed by atoms with Gasteiger partial charge in [-0.05, 0) is 75.4 Å². The van der Waals surface area contributed by atoms with Crippen molar-refractivity contribution in [1.82, 2.24) is 20.1 Å². The number of nitrogens with one attached hydrogen (secondary N) is 2. The van der Waals surface area contributed by atoms with Gasteiger partial charge in [-0.25, -0.2) is 14.6 Å². The Kier molecular flexibility index (Phi) is 9.77. The second kappa shape index (κ2) is 13.3. The van der Waals surface area contributed by atoms with E-state index in [1.165, 1.54) is 12.0 Å². The molecule has 1 aromatic carbocycles. The topological polar surface area (TPSA) is 143 Å². The molecule has 3 N–H and O–H groups in total. The van der Waals surface area contributed by atoms with Crippen LogP contribution in [0, 0.1) is 0 Å². The van der Waals surface area contributed by atoms with Crippen LogP contribution in [-0.2, 0) is 22.4 Å². The summed E-state index contributed by atoms with van der Waals surface area (Å²) < 4.78 is 15.8. The van der Waals surface area contributed by atoms with Gasteiger partial charge >= 0.3 is 12.2 Å². The van der Waals surface area contributed by atoms with E-state index in [4.69, 9.17) is 14.2 Å². The summed E-state index contributed by atoms with van der Waals surface area (Å²) >= 11 is 0. The van der Waals surface area contributed by atoms with Crippen molar-refractivity contribution >= 4 is 23.9 Å². The van der Waals surface area contributed by atoms with E-state index in [1.54, 1.807) is 51.1 Å². The molecule has 2 aromatic rings. The summed E-state index contributed by atoms with van der Waals surface area (Å²) in [5, 5.41) is 17.4. The molecule has 42 heavy (non-hydrogen) atoms. The molecule has 1 fully saturated rings. The fraction of sp³-hybridized carbons (Fsp3) is 0.533. The molecule has 1 saturated heterocycles. The number of carbonyl (C=O) groups is 3. The molecular formula is C30H41N5O7. The number of methoxy groups -OCH3 is 2. The first kappa shape index (κ1) is 30.9. The average Bonchev–Trinajstić information content (AvgIpc) is 2.97. The summed E-state index contributed by atoms with van der Waals surface area (Å²) in [7, 11) is 2.96. The summed E-state index contributed by atoms with van der Waals surface area (Å²) in [4.78, 5) is 45.4. The van der Waals surface area contributed by atoms with Gasteiger partial charge in [-0.2, -0.15) is 0 Å². The van der Waals surface area contributed by atoms with E-state index in [0.717, 1.165) is 24.0 Å². The lowest BCUT2D eigenvalue weighted by atomic mass is 9.91. The van der Waals surface area contributed by atoms with Crippen molar-refractivity contribution in [2.45, 2.75) is 70.4 Å². The number of ether oxygens (including phenoxy) is 3. The number of hydrogen-bond acceptors (Lipinski definition) is 9. The number of pyridine rings is 1. The predicted molar refractivity (Wildman–Crippen MR) is 155 cm³/mol. The van der Waals surface area contributed by atoms with Gasteiger partial charge in [-0.1, -0.05) is 6.07 Å². The Morgan fingerprint density at radius 2 is 1.81 bits per heavy atom. The first-order valence-corrected chi connectivity index (χ1v) is 14.1. The molecule has 0 aliphatic carbocycles. The Hall–Kier alpha value is -4.06. The molecule has 2 atom stereocenters. The van der Waals surface area contributed by atoms with Gasteiger partial charge in [0.05, 0.1) is 26.4 Å². The van der Waals surface area contributed by atoms with E-state index in [9.17, 15) is 19.5 Å². The zero-order valence-corrected chi connectivity index (χ0v) is 24.9. The highest BCUT2D eigenvalue weighted by molar-refractivity contribution is 5.94. The number of fused-ring (bicyclic) bond motifs is 1. The smallest absolute Gasteiger partial charge is 0.410 e. The van der Waals surface area contributed by atoms with Gasteiger partial charge in [-0.15, -0.1) is 0 Å². The standard InChI is InChI=1S/C30H41N5O7/c1-30(2,3)42-29(39)35-18-21-14-23(40-4)7-6-19(21)15-24(35)25(36)17-32-27(37)20-8-11-31-26(16-20)33-22-9-12-34(13-10-22)28(38)41-5/h6-8,11,14,16,22,24-25,36H,9-10,12-13,15,17-18H2,1-5H3,(H,31,33)(H,32,37)/t24-,25+/m0/s1. The first-order chi connectivity index (χ1) is 20.0. The number of nitrogens with zero attached hydrogens (tertiary/aromatic N) is 3. The number of aliphatic hydroxyl groups excluding tert-OH is 1. The molecule has 228 valence electrons. The van der Waals surface area contributed by atoms with Crippen molar-refractivity contribution in [3.05, 3.63) is 53.2 Å². The number of benzene rings is 1. The van der Waals surface area contributed by atoms with Crippen LogP contribution in [0.3, 0.4) is 0 Å². The Bertz CT molecular complexity index is 1270. The van der Waals surface area contributed by atoms with Crippen molar-refractivity contribution in [1.29, 1.82) is 0 Å². The maximum Gasteiger partial charge on any atom is 0.410 e. The maximum absolute atomic E-state index is 13.2. The normalized spacial score (nSPS) is 18.0. The largest absolute Gasteiger partial charge is 0.497 e. The zero-order chi connectivity index (χ0) is 30.4. The SMILES string of the molecule is COC(=O)N1CCC(Nc2cc(C(=O)NC[C@@H](O)[C@@H]3Cc4ccc(OC)cc4CN3C(=O)OC(C)(C)C)ccn2)CC1. The Balaban J connectivity index is 1.39. The van der Waals surface area contributed by atoms with E-state index < -0.39 is 23.8 Å². The van der Waals surface area contributed by atoms with Crippen LogP contribution in [0.4, 0.5) is 15.4 Å². The zero-order valence-electron chi connectivity index (χ0n) is 24.9. The lowest BCUT2D eigenvalue weighted by Crippen LogP contribution is -2.54. The molecule has 0 unspecified atom stereocenters. The van der Waals surface area contributed by atoms with Gasteiger partial charge in [0.25, 0.3) is 5.91 Å². The molecule has 12 heteroatoms. The number of rotatable bonds is 7. The molecule has 0 spiro atoms. The lowest BCUT2D eigenvalue weighted by Gasteiger charge is -2.40. The van der Waals surface area contributed by atoms with Gasteiger partial charge in [0, 0.05) is 44.0 Å². The molecule has 0 bridgehead atoms. The Morgan fingerprint density at radius 1 is 1.07 bits per heavy atom. The Labute approximate surface area is 246 Å². The van der Waals surface area contributed by atoms with Crippen LogP contribution >= 0.6 is 0 Å². The van der Waals surface area contributed by atoms with Crippen molar-refractivity contribution in [3.8, 4) is 5.75 Å². The third-order valence-corrected chi connectivity index (χ3v) is 7.43. The lowest BCUT2D eigenvalue weighted by molar-refractivity contribution is -0.0113. The molecule has 2 aliphatic rings. The number of aliphatic hydroxyl groups is 1. The number of piperidine rings is 1. The number of hydrogen-bond donors (Lipinski definition) is 3. The highest BCUT2D eigenvalue weighted by atomic mass is 16.6. The molecule has 4 rings (SSSR count). The van der Waals surface area contributed by atoms with Crippen LogP contribution in [0.1, 0.15) is 55.1 Å². The van der Waals surface area contributed by atoms with E-state index in [-0.39, 0.29) is 31.1 Å². The summed E-state index contributed by atoms with van der Waals surface area (Å²) in [6, 6.07) is 8.43. The van der Waals surface area contributed by atoms with Gasteiger partial charge < -0.3 is 34.9 Å². The van der Waals surface area contributed by atoms with Crippen LogP contribution in [0.5, 0.6) is 5.75 Å². The Morgan fingerprint density at radius 3 is 2.48 bits per heavy atom. The molecule has 12 nitrogen and oxygen atoms in total.